The summed E-state index contributed by atoms with van der Waals surface area (Å²) >= 11 is 0. The highest BCUT2D eigenvalue weighted by Crippen LogP contribution is 2.26. The van der Waals surface area contributed by atoms with Gasteiger partial charge in [-0.15, -0.1) is 0 Å². The van der Waals surface area contributed by atoms with E-state index in [0.717, 1.165) is 11.5 Å². The molecule has 1 atom stereocenters. The van der Waals surface area contributed by atoms with Gasteiger partial charge in [0.05, 0.1) is 12.6 Å². The van der Waals surface area contributed by atoms with Gasteiger partial charge in [0.25, 0.3) is 0 Å². The van der Waals surface area contributed by atoms with Crippen LogP contribution in [-0.2, 0) is 6.54 Å². The van der Waals surface area contributed by atoms with E-state index < -0.39 is 17.7 Å². The van der Waals surface area contributed by atoms with Crippen molar-refractivity contribution in [2.75, 3.05) is 13.6 Å². The Hall–Kier alpha value is -1.72. The lowest BCUT2D eigenvalue weighted by Crippen LogP contribution is -2.31. The lowest BCUT2D eigenvalue weighted by Gasteiger charge is -2.27. The average Bonchev–Trinajstić information content (AvgIpc) is 2.79. The second kappa shape index (κ2) is 6.15. The minimum atomic E-state index is -0.581. The van der Waals surface area contributed by atoms with Crippen LogP contribution in [0, 0.1) is 18.6 Å². The SMILES string of the molecule is Cc1ccc(CN(C)C(CN)c2c(F)cccc2F)o1. The Bertz CT molecular complexity index is 563. The van der Waals surface area contributed by atoms with Crippen LogP contribution in [0.15, 0.2) is 34.7 Å². The highest BCUT2D eigenvalue weighted by atomic mass is 19.1. The second-order valence-corrected chi connectivity index (χ2v) is 4.81. The highest BCUT2D eigenvalue weighted by molar-refractivity contribution is 5.24. The largest absolute Gasteiger partial charge is 0.465 e. The predicted molar refractivity (Wildman–Crippen MR) is 73.1 cm³/mol. The Kier molecular flexibility index (Phi) is 4.52. The van der Waals surface area contributed by atoms with E-state index in [2.05, 4.69) is 0 Å². The number of hydrogen-bond donors (Lipinski definition) is 1. The molecule has 0 aliphatic heterocycles. The normalized spacial score (nSPS) is 12.9. The van der Waals surface area contributed by atoms with Crippen molar-refractivity contribution in [3.8, 4) is 0 Å². The number of furan rings is 1. The quantitative estimate of drug-likeness (QED) is 0.915. The maximum absolute atomic E-state index is 13.8. The zero-order valence-electron chi connectivity index (χ0n) is 11.6. The summed E-state index contributed by atoms with van der Waals surface area (Å²) in [5, 5.41) is 0. The average molecular weight is 280 g/mol. The van der Waals surface area contributed by atoms with Crippen molar-refractivity contribution in [3.63, 3.8) is 0 Å². The summed E-state index contributed by atoms with van der Waals surface area (Å²) in [4.78, 5) is 1.78. The molecule has 1 heterocycles. The Labute approximate surface area is 117 Å². The molecular weight excluding hydrogens is 262 g/mol. The summed E-state index contributed by atoms with van der Waals surface area (Å²) in [5.74, 6) is 0.376. The Morgan fingerprint density at radius 3 is 2.35 bits per heavy atom. The molecule has 1 aromatic heterocycles. The van der Waals surface area contributed by atoms with Crippen LogP contribution < -0.4 is 5.73 Å². The standard InChI is InChI=1S/C15H18F2N2O/c1-10-6-7-11(20-10)9-19(2)14(8-18)15-12(16)4-3-5-13(15)17/h3-7,14H,8-9,18H2,1-2H3. The molecule has 0 saturated heterocycles. The van der Waals surface area contributed by atoms with Gasteiger partial charge in [0.1, 0.15) is 23.2 Å². The van der Waals surface area contributed by atoms with Crippen molar-refractivity contribution in [2.24, 2.45) is 5.73 Å². The topological polar surface area (TPSA) is 42.4 Å². The summed E-state index contributed by atoms with van der Waals surface area (Å²) in [7, 11) is 1.77. The minimum Gasteiger partial charge on any atom is -0.465 e. The van der Waals surface area contributed by atoms with Crippen LogP contribution in [0.2, 0.25) is 0 Å². The van der Waals surface area contributed by atoms with E-state index in [1.807, 2.05) is 19.1 Å². The molecule has 1 unspecified atom stereocenters. The molecule has 2 N–H and O–H groups in total. The van der Waals surface area contributed by atoms with E-state index >= 15 is 0 Å². The van der Waals surface area contributed by atoms with Gasteiger partial charge < -0.3 is 10.2 Å². The fraction of sp³-hybridized carbons (Fsp3) is 0.333. The molecule has 0 aliphatic carbocycles. The summed E-state index contributed by atoms with van der Waals surface area (Å²) in [6.07, 6.45) is 0. The van der Waals surface area contributed by atoms with Crippen LogP contribution in [0.3, 0.4) is 0 Å². The number of benzene rings is 1. The molecule has 0 aliphatic rings. The van der Waals surface area contributed by atoms with Gasteiger partial charge in [-0.3, -0.25) is 4.90 Å². The van der Waals surface area contributed by atoms with Gasteiger partial charge in [-0.25, -0.2) is 8.78 Å². The molecule has 0 radical (unpaired) electrons. The first kappa shape index (κ1) is 14.7. The maximum atomic E-state index is 13.8. The van der Waals surface area contributed by atoms with Gasteiger partial charge in [0.2, 0.25) is 0 Å². The first-order valence-electron chi connectivity index (χ1n) is 6.42. The molecule has 108 valence electrons. The summed E-state index contributed by atoms with van der Waals surface area (Å²) in [6.45, 7) is 2.40. The Morgan fingerprint density at radius 1 is 1.20 bits per heavy atom. The van der Waals surface area contributed by atoms with Crippen molar-refractivity contribution in [3.05, 3.63) is 59.1 Å². The summed E-state index contributed by atoms with van der Waals surface area (Å²) in [5.41, 5.74) is 5.70. The first-order chi connectivity index (χ1) is 9.52. The van der Waals surface area contributed by atoms with Crippen LogP contribution in [0.5, 0.6) is 0 Å². The van der Waals surface area contributed by atoms with E-state index in [9.17, 15) is 8.78 Å². The zero-order chi connectivity index (χ0) is 14.7. The monoisotopic (exact) mass is 280 g/mol. The second-order valence-electron chi connectivity index (χ2n) is 4.81. The van der Waals surface area contributed by atoms with Crippen molar-refractivity contribution >= 4 is 0 Å². The Balaban J connectivity index is 2.23. The van der Waals surface area contributed by atoms with Gasteiger partial charge in [0, 0.05) is 12.1 Å². The Morgan fingerprint density at radius 2 is 1.85 bits per heavy atom. The lowest BCUT2D eigenvalue weighted by atomic mass is 10.0. The fourth-order valence-electron chi connectivity index (χ4n) is 2.27. The number of nitrogens with zero attached hydrogens (tertiary/aromatic N) is 1. The molecule has 20 heavy (non-hydrogen) atoms. The number of hydrogen-bond acceptors (Lipinski definition) is 3. The lowest BCUT2D eigenvalue weighted by molar-refractivity contribution is 0.213. The van der Waals surface area contributed by atoms with E-state index in [0.29, 0.717) is 6.54 Å². The maximum Gasteiger partial charge on any atom is 0.130 e. The third kappa shape index (κ3) is 3.05. The third-order valence-electron chi connectivity index (χ3n) is 3.29. The van der Waals surface area contributed by atoms with Crippen LogP contribution in [0.25, 0.3) is 0 Å². The zero-order valence-corrected chi connectivity index (χ0v) is 11.6. The third-order valence-corrected chi connectivity index (χ3v) is 3.29. The smallest absolute Gasteiger partial charge is 0.130 e. The number of likely N-dealkylation sites (N-methyl/N-ethyl adjacent to an activating group) is 1. The molecule has 0 saturated carbocycles. The van der Waals surface area contributed by atoms with Crippen molar-refractivity contribution in [1.82, 2.24) is 4.90 Å². The van der Waals surface area contributed by atoms with E-state index in [4.69, 9.17) is 10.2 Å². The van der Waals surface area contributed by atoms with Crippen LogP contribution in [0.4, 0.5) is 8.78 Å². The van der Waals surface area contributed by atoms with E-state index in [1.165, 1.54) is 18.2 Å². The van der Waals surface area contributed by atoms with E-state index in [-0.39, 0.29) is 12.1 Å². The van der Waals surface area contributed by atoms with E-state index in [1.54, 1.807) is 11.9 Å². The number of halogens is 2. The molecular formula is C15H18F2N2O. The van der Waals surface area contributed by atoms with Crippen LogP contribution >= 0.6 is 0 Å². The first-order valence-corrected chi connectivity index (χ1v) is 6.42. The molecule has 5 heteroatoms. The molecule has 0 spiro atoms. The van der Waals surface area contributed by atoms with Crippen molar-refractivity contribution in [2.45, 2.75) is 19.5 Å². The number of rotatable bonds is 5. The van der Waals surface area contributed by atoms with Gasteiger partial charge in [0.15, 0.2) is 0 Å². The van der Waals surface area contributed by atoms with Crippen LogP contribution in [-0.4, -0.2) is 18.5 Å². The van der Waals surface area contributed by atoms with Crippen molar-refractivity contribution < 1.29 is 13.2 Å². The van der Waals surface area contributed by atoms with Gasteiger partial charge in [-0.1, -0.05) is 6.07 Å². The van der Waals surface area contributed by atoms with Gasteiger partial charge in [-0.2, -0.15) is 0 Å². The molecule has 1 aromatic carbocycles. The van der Waals surface area contributed by atoms with Gasteiger partial charge in [-0.05, 0) is 38.2 Å². The highest BCUT2D eigenvalue weighted by Gasteiger charge is 2.23. The summed E-state index contributed by atoms with van der Waals surface area (Å²) in [6, 6.07) is 6.98. The molecule has 0 amide bonds. The molecule has 3 nitrogen and oxygen atoms in total. The minimum absolute atomic E-state index is 0.000720. The fourth-order valence-corrected chi connectivity index (χ4v) is 2.27. The van der Waals surface area contributed by atoms with Crippen molar-refractivity contribution in [1.29, 1.82) is 0 Å². The molecule has 2 aromatic rings. The number of nitrogens with two attached hydrogens (primary N) is 1. The number of aryl methyl sites for hydroxylation is 1. The molecule has 2 rings (SSSR count). The molecule has 0 bridgehead atoms. The predicted octanol–water partition coefficient (Wildman–Crippen LogP) is 3.00. The summed E-state index contributed by atoms with van der Waals surface area (Å²) < 4.78 is 33.2. The van der Waals surface area contributed by atoms with Gasteiger partial charge >= 0.3 is 0 Å². The van der Waals surface area contributed by atoms with Crippen LogP contribution in [0.1, 0.15) is 23.1 Å². The molecule has 0 fully saturated rings.